The van der Waals surface area contributed by atoms with Crippen LogP contribution in [0.3, 0.4) is 0 Å². The van der Waals surface area contributed by atoms with Crippen molar-refractivity contribution < 1.29 is 44.8 Å². The van der Waals surface area contributed by atoms with Gasteiger partial charge in [0.05, 0.1) is 0 Å². The first-order valence-corrected chi connectivity index (χ1v) is 10.8. The Morgan fingerprint density at radius 3 is 1.93 bits per heavy atom. The summed E-state index contributed by atoms with van der Waals surface area (Å²) in [5.41, 5.74) is 6.23. The van der Waals surface area contributed by atoms with Gasteiger partial charge in [-0.1, -0.05) is 35.4 Å². The van der Waals surface area contributed by atoms with Gasteiger partial charge in [0, 0.05) is 0 Å². The van der Waals surface area contributed by atoms with E-state index in [-0.39, 0.29) is 24.8 Å². The molecule has 30 heavy (non-hydrogen) atoms. The van der Waals surface area contributed by atoms with E-state index in [1.807, 2.05) is 18.2 Å². The van der Waals surface area contributed by atoms with Gasteiger partial charge < -0.3 is 24.8 Å². The molecule has 0 bridgehead atoms. The number of rotatable bonds is 0. The van der Waals surface area contributed by atoms with Gasteiger partial charge in [-0.05, 0) is 6.42 Å². The van der Waals surface area contributed by atoms with E-state index in [1.165, 1.54) is 22.3 Å². The Bertz CT molecular complexity index is 795. The Morgan fingerprint density at radius 1 is 0.867 bits per heavy atom. The van der Waals surface area contributed by atoms with E-state index in [0.29, 0.717) is 10.8 Å². The van der Waals surface area contributed by atoms with Crippen LogP contribution < -0.4 is 24.8 Å². The fourth-order valence-electron chi connectivity index (χ4n) is 3.46. The van der Waals surface area contributed by atoms with Crippen molar-refractivity contribution in [1.29, 1.82) is 0 Å². The molecule has 2 aromatic carbocycles. The van der Waals surface area contributed by atoms with Crippen LogP contribution in [0, 0.1) is 23.0 Å². The molecule has 0 saturated heterocycles. The summed E-state index contributed by atoms with van der Waals surface area (Å²) in [5.74, 6) is 0. The van der Waals surface area contributed by atoms with Crippen LogP contribution in [-0.2, 0) is 26.4 Å². The molecule has 2 aliphatic rings. The van der Waals surface area contributed by atoms with Crippen molar-refractivity contribution in [3.05, 3.63) is 84.0 Å². The van der Waals surface area contributed by atoms with Crippen LogP contribution in [-0.4, -0.2) is 3.81 Å². The predicted octanol–water partition coefficient (Wildman–Crippen LogP) is 1.17. The van der Waals surface area contributed by atoms with Crippen LogP contribution in [0.15, 0.2) is 60.7 Å². The summed E-state index contributed by atoms with van der Waals surface area (Å²) in [5, 5.41) is 0. The quantitative estimate of drug-likeness (QED) is 0.339. The first-order valence-electron chi connectivity index (χ1n) is 10.00. The fourth-order valence-corrected chi connectivity index (χ4v) is 3.46. The molecule has 0 aliphatic heterocycles. The molecule has 2 aliphatic carbocycles. The molecule has 4 rings (SSSR count). The molecule has 0 atom stereocenters. The van der Waals surface area contributed by atoms with E-state index in [9.17, 15) is 0 Å². The topological polar surface area (TPSA) is 0 Å². The molecule has 0 amide bonds. The second kappa shape index (κ2) is 12.8. The fraction of sp³-hybridized carbons (Fsp3) is 0.370. The summed E-state index contributed by atoms with van der Waals surface area (Å²) in [6, 6.07) is 18.1. The van der Waals surface area contributed by atoms with Crippen molar-refractivity contribution in [2.24, 2.45) is 10.8 Å². The predicted molar refractivity (Wildman–Crippen MR) is 119 cm³/mol. The van der Waals surface area contributed by atoms with Crippen molar-refractivity contribution in [2.75, 3.05) is 0 Å². The van der Waals surface area contributed by atoms with Gasteiger partial charge in [-0.2, -0.15) is 35.9 Å². The molecular weight excluding hydrogens is 443 g/mol. The second-order valence-electron chi connectivity index (χ2n) is 9.27. The Balaban J connectivity index is 0.000000444. The molecule has 3 heteroatoms. The van der Waals surface area contributed by atoms with Gasteiger partial charge in [0.15, 0.2) is 0 Å². The van der Waals surface area contributed by atoms with Gasteiger partial charge in [0.2, 0.25) is 0 Å². The molecule has 0 unspecified atom stereocenters. The minimum absolute atomic E-state index is 0. The standard InChI is InChI=1S/C13H9.C9H18.C5H5.2ClH.Ti/c1-3-7-12-10(5-1)9-11-6-2-4-8-13(11)12;1-8(2,3)7-9(4,5)6;1-2-4-5-3-1;;;/h1-5,7-8H,9H2;1-6H3;1-3H,4H2;2*1H;/q-1;;-1;;;+2/p-2. The molecule has 0 aromatic heterocycles. The van der Waals surface area contributed by atoms with Crippen LogP contribution in [0.5, 0.6) is 0 Å². The summed E-state index contributed by atoms with van der Waals surface area (Å²) in [6.45, 7) is 13.6. The Morgan fingerprint density at radius 2 is 1.47 bits per heavy atom. The van der Waals surface area contributed by atoms with E-state index in [1.54, 1.807) is 3.81 Å². The number of allylic oxidation sites excluding steroid dienone is 4. The molecule has 0 spiro atoms. The van der Waals surface area contributed by atoms with Crippen LogP contribution in [0.25, 0.3) is 11.1 Å². The Labute approximate surface area is 208 Å². The average molecular weight is 475 g/mol. The third-order valence-corrected chi connectivity index (χ3v) is 7.04. The van der Waals surface area contributed by atoms with E-state index < -0.39 is 0 Å². The van der Waals surface area contributed by atoms with Crippen molar-refractivity contribution in [1.82, 2.24) is 0 Å². The van der Waals surface area contributed by atoms with Crippen molar-refractivity contribution in [3.63, 3.8) is 0 Å². The summed E-state index contributed by atoms with van der Waals surface area (Å²) >= 11 is 2.25. The molecule has 160 valence electrons. The van der Waals surface area contributed by atoms with E-state index in [0.717, 1.165) is 12.8 Å². The molecule has 0 fully saturated rings. The number of hydrogen-bond donors (Lipinski definition) is 0. The normalized spacial score (nSPS) is 12.8. The van der Waals surface area contributed by atoms with Crippen LogP contribution >= 0.6 is 0 Å². The molecule has 0 N–H and O–H groups in total. The number of fused-ring (bicyclic) bond motifs is 3. The molecular formula is C27H32Cl2Ti-2. The zero-order valence-corrected chi connectivity index (χ0v) is 22.0. The SMILES string of the molecule is CC(C)(C)[C](=[Ti+2])C(C)(C)C.[C-]1=CC=CC1.[Cl-].[Cl-].[c-]1cccc2c1Cc1ccccc1-2. The third-order valence-electron chi connectivity index (χ3n) is 4.70. The number of benzene rings is 2. The Hall–Kier alpha value is -0.916. The summed E-state index contributed by atoms with van der Waals surface area (Å²) in [4.78, 5) is 0. The van der Waals surface area contributed by atoms with Gasteiger partial charge in [-0.15, -0.1) is 12.0 Å². The maximum atomic E-state index is 3.30. The first-order chi connectivity index (χ1) is 13.1. The number of halogens is 2. The minimum atomic E-state index is 0. The minimum Gasteiger partial charge on any atom is -1.00 e. The smallest absolute Gasteiger partial charge is 0.0253 e. The van der Waals surface area contributed by atoms with Gasteiger partial charge in [0.25, 0.3) is 0 Å². The first kappa shape index (κ1) is 29.1. The maximum absolute atomic E-state index is 3.30. The molecule has 0 heterocycles. The van der Waals surface area contributed by atoms with Crippen molar-refractivity contribution in [3.8, 4) is 11.1 Å². The summed E-state index contributed by atoms with van der Waals surface area (Å²) < 4.78 is 1.57. The van der Waals surface area contributed by atoms with Crippen LogP contribution in [0.2, 0.25) is 0 Å². The Kier molecular flexibility index (Phi) is 12.4. The molecule has 2 aromatic rings. The average Bonchev–Trinajstić information content (AvgIpc) is 3.31. The monoisotopic (exact) mass is 474 g/mol. The van der Waals surface area contributed by atoms with Crippen LogP contribution in [0.1, 0.15) is 59.1 Å². The molecule has 0 radical (unpaired) electrons. The zero-order valence-electron chi connectivity index (χ0n) is 18.9. The third kappa shape index (κ3) is 8.68. The van der Waals surface area contributed by atoms with E-state index >= 15 is 0 Å². The van der Waals surface area contributed by atoms with Gasteiger partial charge in [-0.25, -0.2) is 12.2 Å². The molecule has 0 nitrogen and oxygen atoms in total. The maximum Gasteiger partial charge on any atom is -0.0253 e. The second-order valence-corrected chi connectivity index (χ2v) is 10.1. The summed E-state index contributed by atoms with van der Waals surface area (Å²) in [6.07, 6.45) is 11.0. The zero-order chi connectivity index (χ0) is 20.8. The van der Waals surface area contributed by atoms with E-state index in [4.69, 9.17) is 0 Å². The van der Waals surface area contributed by atoms with Gasteiger partial charge >= 0.3 is 76.2 Å². The van der Waals surface area contributed by atoms with E-state index in [2.05, 4.69) is 116 Å². The number of hydrogen-bond acceptors (Lipinski definition) is 0. The van der Waals surface area contributed by atoms with Gasteiger partial charge in [-0.3, -0.25) is 6.08 Å². The van der Waals surface area contributed by atoms with Crippen molar-refractivity contribution in [2.45, 2.75) is 54.4 Å². The van der Waals surface area contributed by atoms with Crippen molar-refractivity contribution >= 4 is 3.81 Å². The van der Waals surface area contributed by atoms with Crippen LogP contribution in [0.4, 0.5) is 0 Å². The largest absolute Gasteiger partial charge is 1.00 e. The van der Waals surface area contributed by atoms with Gasteiger partial charge in [0.1, 0.15) is 0 Å². The molecule has 0 saturated carbocycles. The summed E-state index contributed by atoms with van der Waals surface area (Å²) in [7, 11) is 0.